The van der Waals surface area contributed by atoms with Crippen molar-refractivity contribution in [3.8, 4) is 11.4 Å². The molecule has 3 aromatic heterocycles. The molecule has 8 heteroatoms. The number of amides is 1. The van der Waals surface area contributed by atoms with E-state index in [0.717, 1.165) is 24.8 Å². The van der Waals surface area contributed by atoms with E-state index < -0.39 is 0 Å². The fourth-order valence-electron chi connectivity index (χ4n) is 3.38. The molecule has 0 saturated carbocycles. The molecule has 1 unspecified atom stereocenters. The average Bonchev–Trinajstić information content (AvgIpc) is 3.32. The van der Waals surface area contributed by atoms with Crippen molar-refractivity contribution >= 4 is 5.91 Å². The monoisotopic (exact) mass is 368 g/mol. The first kappa shape index (κ1) is 17.3. The fourth-order valence-corrected chi connectivity index (χ4v) is 3.38. The van der Waals surface area contributed by atoms with Crippen molar-refractivity contribution < 1.29 is 13.7 Å². The first-order valence-electron chi connectivity index (χ1n) is 8.90. The van der Waals surface area contributed by atoms with Gasteiger partial charge in [0, 0.05) is 31.4 Å². The summed E-state index contributed by atoms with van der Waals surface area (Å²) in [6, 6.07) is 4.50. The number of aryl methyl sites for hydroxylation is 2. The van der Waals surface area contributed by atoms with E-state index in [0.29, 0.717) is 29.6 Å². The fraction of sp³-hybridized carbons (Fsp3) is 0.368. The third-order valence-electron chi connectivity index (χ3n) is 4.94. The van der Waals surface area contributed by atoms with Gasteiger partial charge in [-0.05, 0) is 38.3 Å². The summed E-state index contributed by atoms with van der Waals surface area (Å²) in [4.78, 5) is 31.1. The Balaban J connectivity index is 1.64. The van der Waals surface area contributed by atoms with Crippen LogP contribution >= 0.6 is 0 Å². The maximum Gasteiger partial charge on any atom is 0.254 e. The molecule has 8 nitrogen and oxygen atoms in total. The van der Waals surface area contributed by atoms with Gasteiger partial charge in [0.15, 0.2) is 0 Å². The lowest BCUT2D eigenvalue weighted by Crippen LogP contribution is -2.39. The number of furan rings is 1. The quantitative estimate of drug-likeness (QED) is 0.705. The molecule has 0 spiro atoms. The number of carbonyl (C=O) groups excluding carboxylic acids is 1. The second-order valence-electron chi connectivity index (χ2n) is 6.72. The van der Waals surface area contributed by atoms with E-state index in [4.69, 9.17) is 8.94 Å². The summed E-state index contributed by atoms with van der Waals surface area (Å²) in [7, 11) is 1.65. The Morgan fingerprint density at radius 1 is 1.30 bits per heavy atom. The summed E-state index contributed by atoms with van der Waals surface area (Å²) in [5.41, 5.74) is 0.922. The van der Waals surface area contributed by atoms with Gasteiger partial charge in [-0.15, -0.1) is 0 Å². The maximum absolute atomic E-state index is 13.0. The molecule has 0 radical (unpaired) electrons. The number of aromatic nitrogens is 3. The van der Waals surface area contributed by atoms with Gasteiger partial charge in [-0.3, -0.25) is 9.59 Å². The topological polar surface area (TPSA) is 94.4 Å². The van der Waals surface area contributed by atoms with Crippen molar-refractivity contribution in [2.45, 2.75) is 32.2 Å². The number of nitrogens with zero attached hydrogens (tertiary/aromatic N) is 4. The summed E-state index contributed by atoms with van der Waals surface area (Å²) < 4.78 is 12.2. The third-order valence-corrected chi connectivity index (χ3v) is 4.94. The van der Waals surface area contributed by atoms with Crippen LogP contribution < -0.4 is 5.56 Å². The Morgan fingerprint density at radius 3 is 2.89 bits per heavy atom. The average molecular weight is 368 g/mol. The minimum absolute atomic E-state index is 0.198. The number of likely N-dealkylation sites (tertiary alicyclic amines) is 1. The van der Waals surface area contributed by atoms with Gasteiger partial charge in [0.25, 0.3) is 11.5 Å². The summed E-state index contributed by atoms with van der Waals surface area (Å²) >= 11 is 0. The molecule has 0 aliphatic carbocycles. The van der Waals surface area contributed by atoms with Crippen LogP contribution in [0.3, 0.4) is 0 Å². The minimum Gasteiger partial charge on any atom is -0.469 e. The Morgan fingerprint density at radius 2 is 2.15 bits per heavy atom. The highest BCUT2D eigenvalue weighted by Gasteiger charge is 2.33. The molecule has 1 atom stereocenters. The molecule has 27 heavy (non-hydrogen) atoms. The largest absolute Gasteiger partial charge is 0.469 e. The molecule has 0 bridgehead atoms. The van der Waals surface area contributed by atoms with Crippen molar-refractivity contribution in [3.63, 3.8) is 0 Å². The van der Waals surface area contributed by atoms with Gasteiger partial charge in [-0.25, -0.2) is 0 Å². The number of carbonyl (C=O) groups is 1. The van der Waals surface area contributed by atoms with Crippen LogP contribution in [0.25, 0.3) is 11.4 Å². The number of rotatable bonds is 3. The van der Waals surface area contributed by atoms with Crippen molar-refractivity contribution in [1.29, 1.82) is 0 Å². The summed E-state index contributed by atoms with van der Waals surface area (Å²) in [5.74, 6) is 1.36. The molecule has 1 saturated heterocycles. The number of hydrogen-bond donors (Lipinski definition) is 0. The Hall–Kier alpha value is -3.16. The van der Waals surface area contributed by atoms with Crippen LogP contribution in [-0.4, -0.2) is 32.1 Å². The van der Waals surface area contributed by atoms with Crippen LogP contribution in [0, 0.1) is 6.92 Å². The highest BCUT2D eigenvalue weighted by atomic mass is 16.5. The van der Waals surface area contributed by atoms with Gasteiger partial charge in [-0.2, -0.15) is 4.98 Å². The zero-order valence-electron chi connectivity index (χ0n) is 15.2. The predicted molar refractivity (Wildman–Crippen MR) is 96.0 cm³/mol. The van der Waals surface area contributed by atoms with Crippen LogP contribution in [0.4, 0.5) is 0 Å². The van der Waals surface area contributed by atoms with Crippen LogP contribution in [0.1, 0.15) is 47.3 Å². The normalized spacial score (nSPS) is 17.3. The molecule has 4 rings (SSSR count). The highest BCUT2D eigenvalue weighted by Crippen LogP contribution is 2.32. The predicted octanol–water partition coefficient (Wildman–Crippen LogP) is 2.70. The summed E-state index contributed by atoms with van der Waals surface area (Å²) in [5, 5.41) is 4.05. The molecule has 0 N–H and O–H groups in total. The van der Waals surface area contributed by atoms with E-state index in [1.807, 2.05) is 6.92 Å². The van der Waals surface area contributed by atoms with E-state index >= 15 is 0 Å². The molecule has 3 aromatic rings. The number of piperidine rings is 1. The lowest BCUT2D eigenvalue weighted by Gasteiger charge is -2.33. The van der Waals surface area contributed by atoms with Crippen molar-refractivity contribution in [1.82, 2.24) is 19.6 Å². The zero-order chi connectivity index (χ0) is 19.0. The Labute approximate surface area is 155 Å². The first-order chi connectivity index (χ1) is 13.0. The molecule has 1 amide bonds. The summed E-state index contributed by atoms with van der Waals surface area (Å²) in [6.45, 7) is 2.42. The second-order valence-corrected chi connectivity index (χ2v) is 6.72. The van der Waals surface area contributed by atoms with Crippen LogP contribution in [0.5, 0.6) is 0 Å². The molecule has 1 aliphatic rings. The molecular formula is C19H20N4O4. The summed E-state index contributed by atoms with van der Waals surface area (Å²) in [6.07, 6.45) is 5.78. The van der Waals surface area contributed by atoms with Crippen LogP contribution in [0.15, 0.2) is 44.4 Å². The zero-order valence-corrected chi connectivity index (χ0v) is 15.2. The van der Waals surface area contributed by atoms with E-state index in [2.05, 4.69) is 10.1 Å². The van der Waals surface area contributed by atoms with E-state index in [-0.39, 0.29) is 17.5 Å². The van der Waals surface area contributed by atoms with E-state index in [9.17, 15) is 9.59 Å². The van der Waals surface area contributed by atoms with Gasteiger partial charge in [-0.1, -0.05) is 5.16 Å². The molecule has 4 heterocycles. The van der Waals surface area contributed by atoms with Crippen molar-refractivity contribution in [3.05, 3.63) is 58.2 Å². The van der Waals surface area contributed by atoms with Crippen molar-refractivity contribution in [2.75, 3.05) is 6.54 Å². The molecule has 1 aliphatic heterocycles. The Kier molecular flexibility index (Phi) is 4.39. The lowest BCUT2D eigenvalue weighted by molar-refractivity contribution is 0.0561. The van der Waals surface area contributed by atoms with E-state index in [1.165, 1.54) is 10.6 Å². The second kappa shape index (κ2) is 6.86. The van der Waals surface area contributed by atoms with E-state index in [1.54, 1.807) is 36.5 Å². The van der Waals surface area contributed by atoms with Gasteiger partial charge in [0.2, 0.25) is 11.7 Å². The first-order valence-corrected chi connectivity index (χ1v) is 8.90. The molecular weight excluding hydrogens is 348 g/mol. The highest BCUT2D eigenvalue weighted by molar-refractivity contribution is 5.94. The number of hydrogen-bond acceptors (Lipinski definition) is 6. The smallest absolute Gasteiger partial charge is 0.254 e. The minimum atomic E-state index is -0.302. The maximum atomic E-state index is 13.0. The third kappa shape index (κ3) is 3.18. The van der Waals surface area contributed by atoms with Gasteiger partial charge in [0.05, 0.1) is 11.8 Å². The SMILES string of the molecule is Cc1occc1-c1noc(C2CCCCN2C(=O)c2ccn(C)c(=O)c2)n1. The standard InChI is InChI=1S/C19H20N4O4/c1-12-14(7-10-26-12)17-20-18(27-21-17)15-5-3-4-8-23(15)19(25)13-6-9-22(2)16(24)11-13/h6-7,9-11,15H,3-5,8H2,1-2H3. The van der Waals surface area contributed by atoms with Gasteiger partial charge < -0.3 is 18.4 Å². The molecule has 140 valence electrons. The van der Waals surface area contributed by atoms with Gasteiger partial charge in [0.1, 0.15) is 11.8 Å². The molecule has 1 fully saturated rings. The Bertz CT molecular complexity index is 1030. The molecule has 0 aromatic carbocycles. The lowest BCUT2D eigenvalue weighted by atomic mass is 10.0. The van der Waals surface area contributed by atoms with Crippen LogP contribution in [-0.2, 0) is 7.05 Å². The van der Waals surface area contributed by atoms with Crippen LogP contribution in [0.2, 0.25) is 0 Å². The van der Waals surface area contributed by atoms with Crippen molar-refractivity contribution in [2.24, 2.45) is 7.05 Å². The number of pyridine rings is 1. The van der Waals surface area contributed by atoms with Gasteiger partial charge >= 0.3 is 0 Å².